The molecule has 1 N–H and O–H groups in total. The van der Waals surface area contributed by atoms with E-state index in [0.29, 0.717) is 18.3 Å². The second-order valence-electron chi connectivity index (χ2n) is 6.64. The second-order valence-corrected chi connectivity index (χ2v) is 6.64. The molecule has 1 aromatic carbocycles. The van der Waals surface area contributed by atoms with Crippen LogP contribution in [0.3, 0.4) is 0 Å². The Morgan fingerprint density at radius 1 is 1.15 bits per heavy atom. The van der Waals surface area contributed by atoms with Gasteiger partial charge in [0.2, 0.25) is 11.8 Å². The average molecular weight is 353 g/mol. The quantitative estimate of drug-likeness (QED) is 0.807. The molecule has 0 spiro atoms. The molecular weight excluding hydrogens is 326 g/mol. The minimum atomic E-state index is 0.0328. The Bertz CT molecular complexity index is 746. The number of carbonyl (C=O) groups excluding carboxylic acids is 1. The fourth-order valence-corrected chi connectivity index (χ4v) is 3.37. The van der Waals surface area contributed by atoms with Gasteiger partial charge in [-0.3, -0.25) is 4.79 Å². The molecule has 0 radical (unpaired) electrons. The molecular formula is C21H27N3O2. The molecule has 1 aromatic heterocycles. The lowest BCUT2D eigenvalue weighted by Crippen LogP contribution is -2.31. The maximum atomic E-state index is 12.4. The van der Waals surface area contributed by atoms with E-state index in [2.05, 4.69) is 17.2 Å². The van der Waals surface area contributed by atoms with Gasteiger partial charge in [-0.05, 0) is 39.0 Å². The molecule has 0 saturated heterocycles. The molecule has 26 heavy (non-hydrogen) atoms. The predicted octanol–water partition coefficient (Wildman–Crippen LogP) is 3.56. The molecule has 1 aliphatic carbocycles. The Morgan fingerprint density at radius 3 is 2.65 bits per heavy atom. The number of benzene rings is 1. The molecule has 5 nitrogen and oxygen atoms in total. The molecule has 5 heteroatoms. The van der Waals surface area contributed by atoms with Crippen molar-refractivity contribution in [2.75, 3.05) is 13.2 Å². The highest BCUT2D eigenvalue weighted by Crippen LogP contribution is 2.31. The number of aryl methyl sites for hydroxylation is 1. The molecule has 0 saturated carbocycles. The fourth-order valence-electron chi connectivity index (χ4n) is 3.37. The van der Waals surface area contributed by atoms with E-state index in [1.54, 1.807) is 0 Å². The average Bonchev–Trinajstić information content (AvgIpc) is 2.90. The minimum Gasteiger partial charge on any atom is -0.478 e. The number of fused-ring (bicyclic) bond motifs is 1. The summed E-state index contributed by atoms with van der Waals surface area (Å²) in [7, 11) is 0. The minimum absolute atomic E-state index is 0.0328. The zero-order chi connectivity index (χ0) is 18.4. The Morgan fingerprint density at radius 2 is 1.92 bits per heavy atom. The van der Waals surface area contributed by atoms with Crippen LogP contribution >= 0.6 is 0 Å². The van der Waals surface area contributed by atoms with Gasteiger partial charge in [0, 0.05) is 23.6 Å². The first-order valence-electron chi connectivity index (χ1n) is 9.58. The molecule has 3 rings (SSSR count). The van der Waals surface area contributed by atoms with Crippen molar-refractivity contribution >= 4 is 5.91 Å². The number of hydrogen-bond acceptors (Lipinski definition) is 4. The van der Waals surface area contributed by atoms with Gasteiger partial charge in [-0.15, -0.1) is 0 Å². The van der Waals surface area contributed by atoms with Crippen LogP contribution in [0.15, 0.2) is 30.3 Å². The second kappa shape index (κ2) is 8.79. The molecule has 1 unspecified atom stereocenters. The van der Waals surface area contributed by atoms with E-state index in [1.165, 1.54) is 0 Å². The summed E-state index contributed by atoms with van der Waals surface area (Å²) in [5, 5.41) is 3.03. The smallest absolute Gasteiger partial charge is 0.223 e. The van der Waals surface area contributed by atoms with Crippen molar-refractivity contribution in [3.05, 3.63) is 41.6 Å². The first-order valence-corrected chi connectivity index (χ1v) is 9.58. The zero-order valence-electron chi connectivity index (χ0n) is 15.6. The summed E-state index contributed by atoms with van der Waals surface area (Å²) in [6.45, 7) is 5.34. The summed E-state index contributed by atoms with van der Waals surface area (Å²) in [6.07, 6.45) is 4.15. The lowest BCUT2D eigenvalue weighted by Gasteiger charge is -2.13. The van der Waals surface area contributed by atoms with E-state index >= 15 is 0 Å². The highest BCUT2D eigenvalue weighted by molar-refractivity contribution is 5.78. The molecule has 2 aromatic rings. The van der Waals surface area contributed by atoms with E-state index in [-0.39, 0.29) is 11.8 Å². The van der Waals surface area contributed by atoms with Crippen LogP contribution < -0.4 is 10.1 Å². The topological polar surface area (TPSA) is 64.1 Å². The monoisotopic (exact) mass is 353 g/mol. The zero-order valence-corrected chi connectivity index (χ0v) is 15.6. The van der Waals surface area contributed by atoms with Crippen LogP contribution in [0.5, 0.6) is 5.88 Å². The summed E-state index contributed by atoms with van der Waals surface area (Å²) in [4.78, 5) is 21.9. The molecule has 1 heterocycles. The molecule has 138 valence electrons. The number of hydrogen-bond donors (Lipinski definition) is 1. The number of ether oxygens (including phenoxy) is 1. The fraction of sp³-hybridized carbons (Fsp3) is 0.476. The lowest BCUT2D eigenvalue weighted by molar-refractivity contribution is -0.125. The van der Waals surface area contributed by atoms with Crippen molar-refractivity contribution in [2.45, 2.75) is 46.0 Å². The van der Waals surface area contributed by atoms with Gasteiger partial charge in [-0.2, -0.15) is 4.98 Å². The summed E-state index contributed by atoms with van der Waals surface area (Å²) in [6, 6.07) is 9.97. The maximum absolute atomic E-state index is 12.4. The first kappa shape index (κ1) is 18.4. The Balaban J connectivity index is 1.87. The Hall–Kier alpha value is -2.43. The van der Waals surface area contributed by atoms with Gasteiger partial charge in [-0.1, -0.05) is 37.3 Å². The van der Waals surface area contributed by atoms with E-state index in [9.17, 15) is 4.79 Å². The maximum Gasteiger partial charge on any atom is 0.223 e. The van der Waals surface area contributed by atoms with Crippen LogP contribution in [0.2, 0.25) is 0 Å². The van der Waals surface area contributed by atoms with Crippen molar-refractivity contribution < 1.29 is 9.53 Å². The highest BCUT2D eigenvalue weighted by atomic mass is 16.5. The van der Waals surface area contributed by atoms with Gasteiger partial charge in [0.05, 0.1) is 12.3 Å². The van der Waals surface area contributed by atoms with Crippen LogP contribution in [0, 0.1) is 5.92 Å². The third-order valence-electron chi connectivity index (χ3n) is 4.76. The van der Waals surface area contributed by atoms with Gasteiger partial charge in [0.1, 0.15) is 0 Å². The van der Waals surface area contributed by atoms with Gasteiger partial charge < -0.3 is 10.1 Å². The SMILES string of the molecule is CCCNC(=O)C1CCc2nc(-c3ccccc3)nc(OCC)c2CC1. The van der Waals surface area contributed by atoms with E-state index < -0.39 is 0 Å². The summed E-state index contributed by atoms with van der Waals surface area (Å²) in [5.41, 5.74) is 3.07. The standard InChI is InChI=1S/C21H27N3O2/c1-3-14-22-20(25)16-10-12-17-18(13-11-16)23-19(24-21(17)26-4-2)15-8-6-5-7-9-15/h5-9,16H,3-4,10-14H2,1-2H3,(H,22,25). The number of carbonyl (C=O) groups is 1. The van der Waals surface area contributed by atoms with E-state index in [4.69, 9.17) is 9.72 Å². The van der Waals surface area contributed by atoms with Crippen LogP contribution in [-0.2, 0) is 17.6 Å². The van der Waals surface area contributed by atoms with Crippen LogP contribution in [0.25, 0.3) is 11.4 Å². The number of rotatable bonds is 6. The van der Waals surface area contributed by atoms with Gasteiger partial charge >= 0.3 is 0 Å². The largest absolute Gasteiger partial charge is 0.478 e. The van der Waals surface area contributed by atoms with Crippen LogP contribution in [0.1, 0.15) is 44.4 Å². The molecule has 0 fully saturated rings. The number of nitrogens with one attached hydrogen (secondary N) is 1. The molecule has 0 bridgehead atoms. The van der Waals surface area contributed by atoms with E-state index in [1.807, 2.05) is 37.3 Å². The van der Waals surface area contributed by atoms with Crippen molar-refractivity contribution in [3.8, 4) is 17.3 Å². The number of nitrogens with zero attached hydrogens (tertiary/aromatic N) is 2. The van der Waals surface area contributed by atoms with Gasteiger partial charge in [-0.25, -0.2) is 4.98 Å². The Labute approximate surface area is 155 Å². The summed E-state index contributed by atoms with van der Waals surface area (Å²) >= 11 is 0. The molecule has 0 aliphatic heterocycles. The van der Waals surface area contributed by atoms with Crippen molar-refractivity contribution in [1.29, 1.82) is 0 Å². The molecule has 1 amide bonds. The lowest BCUT2D eigenvalue weighted by atomic mass is 9.99. The van der Waals surface area contributed by atoms with Gasteiger partial charge in [0.15, 0.2) is 5.82 Å². The van der Waals surface area contributed by atoms with Crippen LogP contribution in [0.4, 0.5) is 0 Å². The Kier molecular flexibility index (Phi) is 6.21. The number of amides is 1. The third-order valence-corrected chi connectivity index (χ3v) is 4.76. The summed E-state index contributed by atoms with van der Waals surface area (Å²) in [5.74, 6) is 1.56. The van der Waals surface area contributed by atoms with Crippen molar-refractivity contribution in [2.24, 2.45) is 5.92 Å². The first-order chi connectivity index (χ1) is 12.7. The van der Waals surface area contributed by atoms with Crippen molar-refractivity contribution in [1.82, 2.24) is 15.3 Å². The molecule has 1 aliphatic rings. The van der Waals surface area contributed by atoms with Crippen LogP contribution in [-0.4, -0.2) is 29.0 Å². The highest BCUT2D eigenvalue weighted by Gasteiger charge is 2.26. The number of aromatic nitrogens is 2. The van der Waals surface area contributed by atoms with E-state index in [0.717, 1.165) is 55.5 Å². The van der Waals surface area contributed by atoms with Gasteiger partial charge in [0.25, 0.3) is 0 Å². The molecule has 1 atom stereocenters. The third kappa shape index (κ3) is 4.21. The van der Waals surface area contributed by atoms with Crippen molar-refractivity contribution in [3.63, 3.8) is 0 Å². The normalized spacial score (nSPS) is 16.5. The predicted molar refractivity (Wildman–Crippen MR) is 102 cm³/mol. The summed E-state index contributed by atoms with van der Waals surface area (Å²) < 4.78 is 5.83.